The van der Waals surface area contributed by atoms with Gasteiger partial charge in [0.05, 0.1) is 0 Å². The Morgan fingerprint density at radius 3 is 2.71 bits per heavy atom. The Bertz CT molecular complexity index is 621. The van der Waals surface area contributed by atoms with Crippen LogP contribution in [0.1, 0.15) is 65.7 Å². The maximum absolute atomic E-state index is 12.3. The molecule has 0 bridgehead atoms. The lowest BCUT2D eigenvalue weighted by atomic mass is 9.47. The monoisotopic (exact) mass is 330 g/mol. The zero-order valence-corrected chi connectivity index (χ0v) is 15.2. The lowest BCUT2D eigenvalue weighted by Crippen LogP contribution is -2.57. The van der Waals surface area contributed by atoms with Crippen LogP contribution in [0.2, 0.25) is 0 Å². The van der Waals surface area contributed by atoms with Gasteiger partial charge in [-0.1, -0.05) is 19.4 Å². The highest BCUT2D eigenvalue weighted by Crippen LogP contribution is 2.66. The Kier molecular flexibility index (Phi) is 3.62. The summed E-state index contributed by atoms with van der Waals surface area (Å²) < 4.78 is 0. The summed E-state index contributed by atoms with van der Waals surface area (Å²) in [5.41, 5.74) is -0.0107. The van der Waals surface area contributed by atoms with Gasteiger partial charge in [-0.25, -0.2) is 0 Å². The van der Waals surface area contributed by atoms with Crippen molar-refractivity contribution in [2.24, 2.45) is 35.0 Å². The Morgan fingerprint density at radius 2 is 2.00 bits per heavy atom. The molecule has 0 amide bonds. The molecular weight excluding hydrogens is 300 g/mol. The summed E-state index contributed by atoms with van der Waals surface area (Å²) in [5, 5.41) is 11.2. The van der Waals surface area contributed by atoms with E-state index in [0.717, 1.165) is 32.1 Å². The second-order valence-corrected chi connectivity index (χ2v) is 9.27. The number of hydrogen-bond donors (Lipinski definition) is 1. The normalized spacial score (nSPS) is 50.6. The van der Waals surface area contributed by atoms with Crippen molar-refractivity contribution in [3.05, 3.63) is 11.6 Å². The minimum absolute atomic E-state index is 0.0437. The van der Waals surface area contributed by atoms with Gasteiger partial charge < -0.3 is 5.11 Å². The van der Waals surface area contributed by atoms with Gasteiger partial charge in [0.2, 0.25) is 0 Å². The number of allylic oxidation sites excluding steroid dienone is 1. The van der Waals surface area contributed by atoms with Crippen molar-refractivity contribution in [1.82, 2.24) is 0 Å². The fourth-order valence-electron chi connectivity index (χ4n) is 7.34. The van der Waals surface area contributed by atoms with E-state index in [1.165, 1.54) is 5.57 Å². The van der Waals surface area contributed by atoms with Crippen molar-refractivity contribution >= 4 is 11.6 Å². The fraction of sp³-hybridized carbons (Fsp3) is 0.810. The lowest BCUT2D eigenvalue weighted by Gasteiger charge is -2.57. The largest absolute Gasteiger partial charge is 0.382 e. The highest BCUT2D eigenvalue weighted by molar-refractivity contribution is 5.91. The molecule has 132 valence electrons. The van der Waals surface area contributed by atoms with Gasteiger partial charge in [0.25, 0.3) is 0 Å². The van der Waals surface area contributed by atoms with E-state index < -0.39 is 5.60 Å². The molecule has 4 aliphatic rings. The molecule has 0 radical (unpaired) electrons. The van der Waals surface area contributed by atoms with Crippen LogP contribution < -0.4 is 0 Å². The number of aliphatic hydroxyl groups is 1. The van der Waals surface area contributed by atoms with Crippen LogP contribution in [-0.2, 0) is 9.59 Å². The second-order valence-electron chi connectivity index (χ2n) is 9.27. The first kappa shape index (κ1) is 16.5. The molecule has 7 atom stereocenters. The van der Waals surface area contributed by atoms with Gasteiger partial charge >= 0.3 is 0 Å². The third-order valence-corrected chi connectivity index (χ3v) is 8.33. The number of ketones is 2. The Labute approximate surface area is 144 Å². The topological polar surface area (TPSA) is 54.4 Å². The van der Waals surface area contributed by atoms with Crippen molar-refractivity contribution in [3.63, 3.8) is 0 Å². The van der Waals surface area contributed by atoms with Crippen LogP contribution in [0.3, 0.4) is 0 Å². The number of rotatable bonds is 1. The molecule has 0 spiro atoms. The predicted molar refractivity (Wildman–Crippen MR) is 92.3 cm³/mol. The average Bonchev–Trinajstić information content (AvgIpc) is 2.79. The van der Waals surface area contributed by atoms with Gasteiger partial charge in [-0.15, -0.1) is 0 Å². The van der Waals surface area contributed by atoms with E-state index in [4.69, 9.17) is 0 Å². The third kappa shape index (κ3) is 2.00. The van der Waals surface area contributed by atoms with Gasteiger partial charge in [-0.05, 0) is 81.1 Å². The first-order valence-corrected chi connectivity index (χ1v) is 9.74. The zero-order chi connectivity index (χ0) is 17.3. The lowest BCUT2D eigenvalue weighted by molar-refractivity contribution is -0.163. The maximum atomic E-state index is 12.3. The summed E-state index contributed by atoms with van der Waals surface area (Å²) in [6.45, 7) is 6.06. The summed E-state index contributed by atoms with van der Waals surface area (Å²) in [5.74, 6) is 3.01. The summed E-state index contributed by atoms with van der Waals surface area (Å²) in [4.78, 5) is 24.1. The minimum atomic E-state index is -1.13. The molecule has 3 fully saturated rings. The number of carbonyl (C=O) groups is 2. The first-order valence-electron chi connectivity index (χ1n) is 9.74. The SMILES string of the molecule is CC(=O)[C@@]1(O)CC[C@@H]2[C@@H]3CCC4=CC(=O)CC[C@@H]4[C@@H]3[C@@H](C)C[C@@]21C. The molecule has 0 heterocycles. The first-order chi connectivity index (χ1) is 11.3. The molecule has 0 aromatic heterocycles. The predicted octanol–water partition coefficient (Wildman–Crippen LogP) is 3.69. The molecule has 3 heteroatoms. The van der Waals surface area contributed by atoms with E-state index in [-0.39, 0.29) is 11.2 Å². The van der Waals surface area contributed by atoms with E-state index in [2.05, 4.69) is 13.8 Å². The molecular formula is C21H30O3. The van der Waals surface area contributed by atoms with Gasteiger partial charge in [-0.2, -0.15) is 0 Å². The van der Waals surface area contributed by atoms with E-state index in [0.29, 0.717) is 48.2 Å². The number of hydrogen-bond acceptors (Lipinski definition) is 3. The quantitative estimate of drug-likeness (QED) is 0.797. The molecule has 0 aromatic rings. The molecule has 4 rings (SSSR count). The van der Waals surface area contributed by atoms with Crippen LogP contribution in [-0.4, -0.2) is 22.3 Å². The van der Waals surface area contributed by atoms with Gasteiger partial charge in [-0.3, -0.25) is 9.59 Å². The number of carbonyl (C=O) groups excluding carboxylic acids is 2. The highest BCUT2D eigenvalue weighted by atomic mass is 16.3. The highest BCUT2D eigenvalue weighted by Gasteiger charge is 2.65. The molecule has 4 aliphatic carbocycles. The molecule has 0 aromatic carbocycles. The van der Waals surface area contributed by atoms with E-state index in [1.54, 1.807) is 6.92 Å². The van der Waals surface area contributed by atoms with Crippen LogP contribution in [0, 0.1) is 35.0 Å². The van der Waals surface area contributed by atoms with Crippen LogP contribution in [0.25, 0.3) is 0 Å². The second kappa shape index (κ2) is 5.27. The van der Waals surface area contributed by atoms with Gasteiger partial charge in [0.15, 0.2) is 11.6 Å². The van der Waals surface area contributed by atoms with Crippen LogP contribution in [0.4, 0.5) is 0 Å². The Morgan fingerprint density at radius 1 is 1.25 bits per heavy atom. The standard InChI is InChI=1S/C21H30O3/c1-12-11-20(3)18(8-9-21(20,24)13(2)22)17-6-4-14-10-15(23)5-7-16(14)19(12)17/h10,12,16-19,24H,4-9,11H2,1-3H3/t12-,16-,17-,18+,19-,20-,21-/m0/s1. The van der Waals surface area contributed by atoms with E-state index in [1.807, 2.05) is 6.08 Å². The Balaban J connectivity index is 1.70. The van der Waals surface area contributed by atoms with Crippen LogP contribution >= 0.6 is 0 Å². The molecule has 1 N–H and O–H groups in total. The van der Waals surface area contributed by atoms with Crippen LogP contribution in [0.5, 0.6) is 0 Å². The van der Waals surface area contributed by atoms with E-state index in [9.17, 15) is 14.7 Å². The smallest absolute Gasteiger partial charge is 0.161 e. The van der Waals surface area contributed by atoms with Crippen molar-refractivity contribution in [3.8, 4) is 0 Å². The van der Waals surface area contributed by atoms with Crippen molar-refractivity contribution in [2.45, 2.75) is 71.3 Å². The van der Waals surface area contributed by atoms with Crippen molar-refractivity contribution in [2.75, 3.05) is 0 Å². The number of Topliss-reactive ketones (excluding diaryl/α,β-unsaturated/α-hetero) is 1. The summed E-state index contributed by atoms with van der Waals surface area (Å²) in [7, 11) is 0. The molecule has 0 saturated heterocycles. The van der Waals surface area contributed by atoms with E-state index >= 15 is 0 Å². The third-order valence-electron chi connectivity index (χ3n) is 8.33. The number of fused-ring (bicyclic) bond motifs is 5. The maximum Gasteiger partial charge on any atom is 0.161 e. The van der Waals surface area contributed by atoms with Gasteiger partial charge in [0, 0.05) is 11.8 Å². The van der Waals surface area contributed by atoms with Gasteiger partial charge in [0.1, 0.15) is 5.60 Å². The zero-order valence-electron chi connectivity index (χ0n) is 15.2. The Hall–Kier alpha value is -0.960. The summed E-state index contributed by atoms with van der Waals surface area (Å²) >= 11 is 0. The van der Waals surface area contributed by atoms with Crippen LogP contribution in [0.15, 0.2) is 11.6 Å². The summed E-state index contributed by atoms with van der Waals surface area (Å²) in [6, 6.07) is 0. The molecule has 3 nitrogen and oxygen atoms in total. The van der Waals surface area contributed by atoms with Crippen molar-refractivity contribution < 1.29 is 14.7 Å². The molecule has 0 aliphatic heterocycles. The molecule has 0 unspecified atom stereocenters. The molecule has 24 heavy (non-hydrogen) atoms. The molecule has 3 saturated carbocycles. The summed E-state index contributed by atoms with van der Waals surface area (Å²) in [6.07, 6.45) is 8.35. The van der Waals surface area contributed by atoms with Crippen molar-refractivity contribution in [1.29, 1.82) is 0 Å². The fourth-order valence-corrected chi connectivity index (χ4v) is 7.34. The minimum Gasteiger partial charge on any atom is -0.382 e. The average molecular weight is 330 g/mol.